The molecule has 1 nitrogen and oxygen atoms in total. The van der Waals surface area contributed by atoms with Gasteiger partial charge in [0.2, 0.25) is 0 Å². The van der Waals surface area contributed by atoms with Crippen LogP contribution < -0.4 is 0 Å². The van der Waals surface area contributed by atoms with Gasteiger partial charge in [0, 0.05) is 6.61 Å². The van der Waals surface area contributed by atoms with Gasteiger partial charge in [0.15, 0.2) is 0 Å². The summed E-state index contributed by atoms with van der Waals surface area (Å²) in [7, 11) is 0. The van der Waals surface area contributed by atoms with E-state index in [1.807, 2.05) is 0 Å². The van der Waals surface area contributed by atoms with Gasteiger partial charge in [-0.1, -0.05) is 43.7 Å². The molecule has 1 aliphatic rings. The zero-order chi connectivity index (χ0) is 11.2. The van der Waals surface area contributed by atoms with Crippen molar-refractivity contribution in [2.24, 2.45) is 5.92 Å². The van der Waals surface area contributed by atoms with Crippen LogP contribution in [0.3, 0.4) is 0 Å². The Balaban J connectivity index is 1.85. The van der Waals surface area contributed by atoms with E-state index in [4.69, 9.17) is 4.74 Å². The van der Waals surface area contributed by atoms with Gasteiger partial charge in [-0.2, -0.15) is 0 Å². The molecule has 0 saturated carbocycles. The van der Waals surface area contributed by atoms with E-state index in [9.17, 15) is 0 Å². The molecule has 1 radical (unpaired) electrons. The highest BCUT2D eigenvalue weighted by Crippen LogP contribution is 2.24. The fourth-order valence-corrected chi connectivity index (χ4v) is 2.45. The molecule has 16 heavy (non-hydrogen) atoms. The maximum atomic E-state index is 5.70. The fraction of sp³-hybridized carbons (Fsp3) is 0.533. The van der Waals surface area contributed by atoms with Gasteiger partial charge in [0.25, 0.3) is 0 Å². The molecule has 1 aromatic carbocycles. The molecule has 0 aliphatic carbocycles. The lowest BCUT2D eigenvalue weighted by molar-refractivity contribution is 0.0897. The van der Waals surface area contributed by atoms with Crippen LogP contribution in [0.25, 0.3) is 0 Å². The summed E-state index contributed by atoms with van der Waals surface area (Å²) >= 11 is 0. The average Bonchev–Trinajstić information content (AvgIpc) is 2.82. The lowest BCUT2D eigenvalue weighted by atomic mass is 9.91. The van der Waals surface area contributed by atoms with Crippen molar-refractivity contribution in [2.45, 2.75) is 38.2 Å². The van der Waals surface area contributed by atoms with E-state index in [0.717, 1.165) is 19.4 Å². The summed E-state index contributed by atoms with van der Waals surface area (Å²) in [6.07, 6.45) is 6.30. The number of hydrogen-bond acceptors (Lipinski definition) is 1. The fourth-order valence-electron chi connectivity index (χ4n) is 2.45. The molecule has 0 N–H and O–H groups in total. The SMILES string of the molecule is [CH2]CC(Cc1ccccc1)CC1CCCO1. The molecule has 2 unspecified atom stereocenters. The minimum absolute atomic E-state index is 0.496. The Morgan fingerprint density at radius 3 is 2.75 bits per heavy atom. The first-order chi connectivity index (χ1) is 7.88. The van der Waals surface area contributed by atoms with Crippen LogP contribution in [0.5, 0.6) is 0 Å². The summed E-state index contributed by atoms with van der Waals surface area (Å²) in [5.74, 6) is 0.672. The van der Waals surface area contributed by atoms with Gasteiger partial charge in [-0.25, -0.2) is 0 Å². The largest absolute Gasteiger partial charge is 0.378 e. The molecule has 1 heterocycles. The van der Waals surface area contributed by atoms with Crippen molar-refractivity contribution in [3.05, 3.63) is 42.8 Å². The highest BCUT2D eigenvalue weighted by atomic mass is 16.5. The number of hydrogen-bond donors (Lipinski definition) is 0. The van der Waals surface area contributed by atoms with E-state index in [0.29, 0.717) is 12.0 Å². The first-order valence-corrected chi connectivity index (χ1v) is 6.33. The second kappa shape index (κ2) is 6.05. The molecule has 0 aromatic heterocycles. The second-order valence-electron chi connectivity index (χ2n) is 4.72. The van der Waals surface area contributed by atoms with Crippen molar-refractivity contribution in [3.8, 4) is 0 Å². The second-order valence-corrected chi connectivity index (χ2v) is 4.72. The molecule has 1 aromatic rings. The van der Waals surface area contributed by atoms with E-state index in [1.165, 1.54) is 24.8 Å². The van der Waals surface area contributed by atoms with E-state index in [2.05, 4.69) is 37.3 Å². The quantitative estimate of drug-likeness (QED) is 0.731. The van der Waals surface area contributed by atoms with Gasteiger partial charge >= 0.3 is 0 Å². The molecule has 1 aliphatic heterocycles. The molecule has 1 saturated heterocycles. The Labute approximate surface area is 98.8 Å². The Morgan fingerprint density at radius 2 is 2.12 bits per heavy atom. The van der Waals surface area contributed by atoms with Crippen LogP contribution >= 0.6 is 0 Å². The predicted molar refractivity (Wildman–Crippen MR) is 67.2 cm³/mol. The van der Waals surface area contributed by atoms with Crippen molar-refractivity contribution in [3.63, 3.8) is 0 Å². The van der Waals surface area contributed by atoms with E-state index in [1.54, 1.807) is 0 Å². The standard InChI is InChI=1S/C15H21O/c1-2-13(12-15-9-6-10-16-15)11-14-7-4-3-5-8-14/h3-5,7-8,13,15H,1-2,6,9-12H2. The van der Waals surface area contributed by atoms with Gasteiger partial charge in [0.05, 0.1) is 6.10 Å². The predicted octanol–water partition coefficient (Wildman–Crippen LogP) is 3.64. The first-order valence-electron chi connectivity index (χ1n) is 6.33. The van der Waals surface area contributed by atoms with E-state index < -0.39 is 0 Å². The third-order valence-electron chi connectivity index (χ3n) is 3.40. The van der Waals surface area contributed by atoms with Gasteiger partial charge in [-0.3, -0.25) is 0 Å². The van der Waals surface area contributed by atoms with Crippen LogP contribution in [0, 0.1) is 12.8 Å². The Morgan fingerprint density at radius 1 is 1.31 bits per heavy atom. The van der Waals surface area contributed by atoms with Gasteiger partial charge in [-0.05, 0) is 37.2 Å². The lowest BCUT2D eigenvalue weighted by Gasteiger charge is -2.18. The third-order valence-corrected chi connectivity index (χ3v) is 3.40. The molecule has 0 bridgehead atoms. The van der Waals surface area contributed by atoms with Crippen LogP contribution in [0.1, 0.15) is 31.2 Å². The molecular formula is C15H21O. The Hall–Kier alpha value is -0.820. The summed E-state index contributed by atoms with van der Waals surface area (Å²) in [6.45, 7) is 5.03. The Bertz CT molecular complexity index is 288. The highest BCUT2D eigenvalue weighted by Gasteiger charge is 2.19. The summed E-state index contributed by atoms with van der Waals surface area (Å²) in [5, 5.41) is 0. The van der Waals surface area contributed by atoms with Crippen LogP contribution in [0.15, 0.2) is 30.3 Å². The van der Waals surface area contributed by atoms with Crippen LogP contribution in [-0.4, -0.2) is 12.7 Å². The minimum Gasteiger partial charge on any atom is -0.378 e. The van der Waals surface area contributed by atoms with Gasteiger partial charge in [0.1, 0.15) is 0 Å². The molecule has 2 atom stereocenters. The Kier molecular flexibility index (Phi) is 4.41. The molecule has 0 spiro atoms. The van der Waals surface area contributed by atoms with Crippen LogP contribution in [0.4, 0.5) is 0 Å². The molecule has 2 rings (SSSR count). The summed E-state index contributed by atoms with van der Waals surface area (Å²) in [4.78, 5) is 0. The number of ether oxygens (including phenoxy) is 1. The summed E-state index contributed by atoms with van der Waals surface area (Å²) < 4.78 is 5.70. The molecular weight excluding hydrogens is 196 g/mol. The average molecular weight is 217 g/mol. The van der Waals surface area contributed by atoms with Crippen LogP contribution in [0.2, 0.25) is 0 Å². The smallest absolute Gasteiger partial charge is 0.0578 e. The monoisotopic (exact) mass is 217 g/mol. The molecule has 0 amide bonds. The molecule has 87 valence electrons. The van der Waals surface area contributed by atoms with Crippen molar-refractivity contribution >= 4 is 0 Å². The molecule has 1 fully saturated rings. The topological polar surface area (TPSA) is 9.23 Å². The van der Waals surface area contributed by atoms with Gasteiger partial charge in [-0.15, -0.1) is 0 Å². The minimum atomic E-state index is 0.496. The number of rotatable bonds is 5. The lowest BCUT2D eigenvalue weighted by Crippen LogP contribution is -2.14. The van der Waals surface area contributed by atoms with Crippen molar-refractivity contribution in [1.82, 2.24) is 0 Å². The van der Waals surface area contributed by atoms with Gasteiger partial charge < -0.3 is 4.74 Å². The first kappa shape index (κ1) is 11.7. The molecule has 1 heteroatoms. The summed E-state index contributed by atoms with van der Waals surface area (Å²) in [6, 6.07) is 10.7. The zero-order valence-electron chi connectivity index (χ0n) is 9.90. The van der Waals surface area contributed by atoms with E-state index in [-0.39, 0.29) is 0 Å². The van der Waals surface area contributed by atoms with Crippen molar-refractivity contribution in [1.29, 1.82) is 0 Å². The van der Waals surface area contributed by atoms with Crippen molar-refractivity contribution < 1.29 is 4.74 Å². The zero-order valence-corrected chi connectivity index (χ0v) is 9.90. The normalized spacial score (nSPS) is 22.2. The van der Waals surface area contributed by atoms with Crippen molar-refractivity contribution in [2.75, 3.05) is 6.61 Å². The van der Waals surface area contributed by atoms with E-state index >= 15 is 0 Å². The highest BCUT2D eigenvalue weighted by molar-refractivity contribution is 5.15. The third kappa shape index (κ3) is 3.34. The van der Waals surface area contributed by atoms with Crippen LogP contribution in [-0.2, 0) is 11.2 Å². The summed E-state index contributed by atoms with van der Waals surface area (Å²) in [5.41, 5.74) is 1.43. The number of benzene rings is 1. The maximum absolute atomic E-state index is 5.70. The maximum Gasteiger partial charge on any atom is 0.0578 e.